The smallest absolute Gasteiger partial charge is 0.315 e. The van der Waals surface area contributed by atoms with Crippen LogP contribution < -0.4 is 10.6 Å². The van der Waals surface area contributed by atoms with Crippen LogP contribution in [0.3, 0.4) is 0 Å². The molecule has 3 rings (SSSR count). The van der Waals surface area contributed by atoms with Crippen LogP contribution in [0.4, 0.5) is 4.79 Å². The van der Waals surface area contributed by atoms with Crippen molar-refractivity contribution in [1.82, 2.24) is 30.3 Å². The molecule has 0 bridgehead atoms. The van der Waals surface area contributed by atoms with Gasteiger partial charge in [0.25, 0.3) is 0 Å². The summed E-state index contributed by atoms with van der Waals surface area (Å²) in [4.78, 5) is 18.6. The highest BCUT2D eigenvalue weighted by molar-refractivity contribution is 5.73. The molecule has 0 aliphatic carbocycles. The average Bonchev–Trinajstić information content (AvgIpc) is 3.05. The lowest BCUT2D eigenvalue weighted by atomic mass is 9.98. The van der Waals surface area contributed by atoms with Gasteiger partial charge >= 0.3 is 6.03 Å². The summed E-state index contributed by atoms with van der Waals surface area (Å²) in [5.74, 6) is 0.731. The van der Waals surface area contributed by atoms with Crippen LogP contribution in [0.25, 0.3) is 0 Å². The molecule has 0 saturated carbocycles. The molecule has 25 heavy (non-hydrogen) atoms. The SMILES string of the molecule is CCC(CNC(=O)NCc1ncnn1C)N1CCc2ccccc2C1. The molecule has 1 atom stereocenters. The molecular formula is C18H26N6O. The van der Waals surface area contributed by atoms with E-state index in [4.69, 9.17) is 0 Å². The lowest BCUT2D eigenvalue weighted by Gasteiger charge is -2.35. The number of aromatic nitrogens is 3. The normalized spacial score (nSPS) is 15.4. The molecule has 0 spiro atoms. The molecule has 1 unspecified atom stereocenters. The van der Waals surface area contributed by atoms with Crippen molar-refractivity contribution in [3.8, 4) is 0 Å². The van der Waals surface area contributed by atoms with E-state index < -0.39 is 0 Å². The summed E-state index contributed by atoms with van der Waals surface area (Å²) in [7, 11) is 1.81. The monoisotopic (exact) mass is 342 g/mol. The molecule has 7 heteroatoms. The molecule has 7 nitrogen and oxygen atoms in total. The molecule has 1 aromatic carbocycles. The predicted molar refractivity (Wildman–Crippen MR) is 95.9 cm³/mol. The largest absolute Gasteiger partial charge is 0.337 e. The zero-order valence-electron chi connectivity index (χ0n) is 14.9. The topological polar surface area (TPSA) is 75.1 Å². The Kier molecular flexibility index (Phi) is 5.65. The number of amides is 2. The zero-order valence-corrected chi connectivity index (χ0v) is 14.9. The highest BCUT2D eigenvalue weighted by atomic mass is 16.2. The number of carbonyl (C=O) groups is 1. The van der Waals surface area contributed by atoms with Crippen molar-refractivity contribution < 1.29 is 4.79 Å². The Morgan fingerprint density at radius 3 is 2.80 bits per heavy atom. The minimum atomic E-state index is -0.168. The van der Waals surface area contributed by atoms with Gasteiger partial charge in [0, 0.05) is 32.7 Å². The molecular weight excluding hydrogens is 316 g/mol. The van der Waals surface area contributed by atoms with E-state index in [1.165, 1.54) is 17.5 Å². The third-order valence-corrected chi connectivity index (χ3v) is 4.86. The number of nitrogens with one attached hydrogen (secondary N) is 2. The molecule has 2 amide bonds. The minimum Gasteiger partial charge on any atom is -0.337 e. The average molecular weight is 342 g/mol. The Bertz CT molecular complexity index is 713. The first kappa shape index (κ1) is 17.4. The van der Waals surface area contributed by atoms with Gasteiger partial charge in [-0.25, -0.2) is 9.78 Å². The van der Waals surface area contributed by atoms with E-state index in [0.717, 1.165) is 31.8 Å². The van der Waals surface area contributed by atoms with E-state index in [1.54, 1.807) is 4.68 Å². The summed E-state index contributed by atoms with van der Waals surface area (Å²) in [6.07, 6.45) is 3.56. The second kappa shape index (κ2) is 8.11. The summed E-state index contributed by atoms with van der Waals surface area (Å²) in [5.41, 5.74) is 2.85. The van der Waals surface area contributed by atoms with Gasteiger partial charge in [0.05, 0.1) is 6.54 Å². The third-order valence-electron chi connectivity index (χ3n) is 4.86. The summed E-state index contributed by atoms with van der Waals surface area (Å²) >= 11 is 0. The number of benzene rings is 1. The van der Waals surface area contributed by atoms with Crippen LogP contribution in [0.1, 0.15) is 30.3 Å². The Balaban J connectivity index is 1.48. The molecule has 134 valence electrons. The van der Waals surface area contributed by atoms with Crippen molar-refractivity contribution >= 4 is 6.03 Å². The van der Waals surface area contributed by atoms with Gasteiger partial charge in [0.2, 0.25) is 0 Å². The van der Waals surface area contributed by atoms with Crippen LogP contribution in [0.5, 0.6) is 0 Å². The van der Waals surface area contributed by atoms with Crippen molar-refractivity contribution in [1.29, 1.82) is 0 Å². The maximum Gasteiger partial charge on any atom is 0.315 e. The van der Waals surface area contributed by atoms with Crippen LogP contribution in [0, 0.1) is 0 Å². The van der Waals surface area contributed by atoms with E-state index in [-0.39, 0.29) is 6.03 Å². The van der Waals surface area contributed by atoms with Gasteiger partial charge in [0.15, 0.2) is 0 Å². The summed E-state index contributed by atoms with van der Waals surface area (Å²) in [6, 6.07) is 8.80. The van der Waals surface area contributed by atoms with E-state index >= 15 is 0 Å². The first-order chi connectivity index (χ1) is 12.2. The van der Waals surface area contributed by atoms with Gasteiger partial charge < -0.3 is 10.6 Å². The van der Waals surface area contributed by atoms with Crippen LogP contribution in [-0.2, 0) is 26.6 Å². The molecule has 1 aliphatic heterocycles. The van der Waals surface area contributed by atoms with Crippen LogP contribution in [0.2, 0.25) is 0 Å². The molecule has 0 saturated heterocycles. The van der Waals surface area contributed by atoms with Gasteiger partial charge in [-0.15, -0.1) is 0 Å². The van der Waals surface area contributed by atoms with E-state index in [2.05, 4.69) is 56.8 Å². The minimum absolute atomic E-state index is 0.168. The van der Waals surface area contributed by atoms with Gasteiger partial charge in [-0.3, -0.25) is 9.58 Å². The van der Waals surface area contributed by atoms with Crippen LogP contribution >= 0.6 is 0 Å². The number of hydrogen-bond donors (Lipinski definition) is 2. The number of hydrogen-bond acceptors (Lipinski definition) is 4. The van der Waals surface area contributed by atoms with E-state index in [1.807, 2.05) is 7.05 Å². The van der Waals surface area contributed by atoms with Crippen LogP contribution in [0.15, 0.2) is 30.6 Å². The molecule has 2 N–H and O–H groups in total. The summed E-state index contributed by atoms with van der Waals surface area (Å²) in [6.45, 7) is 5.18. The molecule has 2 aromatic rings. The van der Waals surface area contributed by atoms with Gasteiger partial charge in [-0.05, 0) is 24.0 Å². The van der Waals surface area contributed by atoms with Crippen LogP contribution in [-0.4, -0.2) is 44.8 Å². The van der Waals surface area contributed by atoms with Gasteiger partial charge in [0.1, 0.15) is 12.2 Å². The molecule has 1 aromatic heterocycles. The third kappa shape index (κ3) is 4.36. The quantitative estimate of drug-likeness (QED) is 0.833. The maximum absolute atomic E-state index is 12.1. The number of urea groups is 1. The van der Waals surface area contributed by atoms with Crippen molar-refractivity contribution in [2.24, 2.45) is 7.05 Å². The Labute approximate surface area is 148 Å². The molecule has 1 aliphatic rings. The molecule has 2 heterocycles. The number of rotatable bonds is 6. The van der Waals surface area contributed by atoms with E-state index in [9.17, 15) is 4.79 Å². The summed E-state index contributed by atoms with van der Waals surface area (Å²) in [5, 5.41) is 9.81. The Hall–Kier alpha value is -2.41. The zero-order chi connectivity index (χ0) is 17.6. The number of fused-ring (bicyclic) bond motifs is 1. The molecule has 0 fully saturated rings. The van der Waals surface area contributed by atoms with Gasteiger partial charge in [-0.2, -0.15) is 5.10 Å². The lowest BCUT2D eigenvalue weighted by molar-refractivity contribution is 0.169. The fourth-order valence-electron chi connectivity index (χ4n) is 3.27. The van der Waals surface area contributed by atoms with Crippen molar-refractivity contribution in [2.45, 2.75) is 38.9 Å². The fourth-order valence-corrected chi connectivity index (χ4v) is 3.27. The molecule has 0 radical (unpaired) electrons. The number of nitrogens with zero attached hydrogens (tertiary/aromatic N) is 4. The Morgan fingerprint density at radius 2 is 2.08 bits per heavy atom. The fraction of sp³-hybridized carbons (Fsp3) is 0.500. The standard InChI is InChI=1S/C18H26N6O/c1-3-16(24-9-8-14-6-4-5-7-15(14)12-24)10-19-18(25)20-11-17-21-13-22-23(17)2/h4-7,13,16H,3,8-12H2,1-2H3,(H2,19,20,25). The number of aryl methyl sites for hydroxylation is 1. The predicted octanol–water partition coefficient (Wildman–Crippen LogP) is 1.45. The maximum atomic E-state index is 12.1. The first-order valence-corrected chi connectivity index (χ1v) is 8.82. The highest BCUT2D eigenvalue weighted by Crippen LogP contribution is 2.21. The lowest BCUT2D eigenvalue weighted by Crippen LogP contribution is -2.47. The van der Waals surface area contributed by atoms with Crippen molar-refractivity contribution in [2.75, 3.05) is 13.1 Å². The Morgan fingerprint density at radius 1 is 1.28 bits per heavy atom. The first-order valence-electron chi connectivity index (χ1n) is 8.82. The van der Waals surface area contributed by atoms with Crippen molar-refractivity contribution in [3.63, 3.8) is 0 Å². The van der Waals surface area contributed by atoms with E-state index in [0.29, 0.717) is 19.1 Å². The van der Waals surface area contributed by atoms with Crippen molar-refractivity contribution in [3.05, 3.63) is 47.5 Å². The number of carbonyl (C=O) groups excluding carboxylic acids is 1. The summed E-state index contributed by atoms with van der Waals surface area (Å²) < 4.78 is 1.65. The second-order valence-electron chi connectivity index (χ2n) is 6.41. The highest BCUT2D eigenvalue weighted by Gasteiger charge is 2.22. The van der Waals surface area contributed by atoms with Gasteiger partial charge in [-0.1, -0.05) is 31.2 Å². The second-order valence-corrected chi connectivity index (χ2v) is 6.41.